The molecule has 7 heteroatoms. The second-order valence-corrected chi connectivity index (χ2v) is 4.54. The van der Waals surface area contributed by atoms with Crippen molar-refractivity contribution in [2.75, 3.05) is 0 Å². The Morgan fingerprint density at radius 3 is 2.92 bits per heavy atom. The van der Waals surface area contributed by atoms with Crippen LogP contribution in [0.15, 0.2) is 3.79 Å². The van der Waals surface area contributed by atoms with E-state index in [4.69, 9.17) is 10.8 Å². The van der Waals surface area contributed by atoms with Crippen LogP contribution in [-0.4, -0.2) is 20.7 Å². The van der Waals surface area contributed by atoms with E-state index in [9.17, 15) is 4.79 Å². The second-order valence-electron chi connectivity index (χ2n) is 2.47. The van der Waals surface area contributed by atoms with E-state index in [1.54, 1.807) is 0 Å². The van der Waals surface area contributed by atoms with Gasteiger partial charge in [-0.05, 0) is 33.9 Å². The quantitative estimate of drug-likeness (QED) is 0.853. The lowest BCUT2D eigenvalue weighted by Gasteiger charge is -2.05. The summed E-state index contributed by atoms with van der Waals surface area (Å²) in [5.74, 6) is -0.852. The molecule has 1 aromatic heterocycles. The van der Waals surface area contributed by atoms with E-state index in [1.807, 2.05) is 0 Å². The normalized spacial score (nSPS) is 12.8. The average molecular weight is 266 g/mol. The number of hydrogen-bond donors (Lipinski definition) is 2. The van der Waals surface area contributed by atoms with E-state index < -0.39 is 5.97 Å². The molecule has 3 N–H and O–H groups in total. The molecule has 0 aliphatic heterocycles. The molecule has 1 aromatic rings. The number of carboxylic acids is 1. The monoisotopic (exact) mass is 265 g/mol. The topological polar surface area (TPSA) is 89.1 Å². The average Bonchev–Trinajstić information content (AvgIpc) is 2.47. The van der Waals surface area contributed by atoms with Gasteiger partial charge in [-0.2, -0.15) is 0 Å². The lowest BCUT2D eigenvalue weighted by atomic mass is 10.1. The predicted octanol–water partition coefficient (Wildman–Crippen LogP) is 1.17. The highest BCUT2D eigenvalue weighted by molar-refractivity contribution is 9.11. The molecule has 0 saturated heterocycles. The molecule has 1 rings (SSSR count). The first-order valence-electron chi connectivity index (χ1n) is 3.56. The molecule has 13 heavy (non-hydrogen) atoms. The molecule has 0 aromatic carbocycles. The summed E-state index contributed by atoms with van der Waals surface area (Å²) in [6, 6.07) is -0.357. The van der Waals surface area contributed by atoms with Crippen LogP contribution in [0.25, 0.3) is 0 Å². The molecular weight excluding hydrogens is 258 g/mol. The third-order valence-electron chi connectivity index (χ3n) is 1.49. The number of aliphatic carboxylic acids is 1. The number of hydrogen-bond acceptors (Lipinski definition) is 5. The fourth-order valence-corrected chi connectivity index (χ4v) is 1.88. The molecule has 5 nitrogen and oxygen atoms in total. The highest BCUT2D eigenvalue weighted by Crippen LogP contribution is 2.25. The minimum absolute atomic E-state index is 0.0468. The van der Waals surface area contributed by atoms with Crippen LogP contribution >= 0.6 is 27.5 Å². The van der Waals surface area contributed by atoms with Crippen molar-refractivity contribution >= 4 is 33.4 Å². The van der Waals surface area contributed by atoms with Gasteiger partial charge in [0.2, 0.25) is 0 Å². The van der Waals surface area contributed by atoms with Crippen molar-refractivity contribution in [1.82, 2.24) is 9.59 Å². The smallest absolute Gasteiger partial charge is 0.303 e. The number of rotatable bonds is 4. The van der Waals surface area contributed by atoms with Gasteiger partial charge >= 0.3 is 5.97 Å². The predicted molar refractivity (Wildman–Crippen MR) is 51.4 cm³/mol. The summed E-state index contributed by atoms with van der Waals surface area (Å²) in [5.41, 5.74) is 6.33. The second kappa shape index (κ2) is 4.64. The summed E-state index contributed by atoms with van der Waals surface area (Å²) < 4.78 is 4.46. The fourth-order valence-electron chi connectivity index (χ4n) is 0.822. The summed E-state index contributed by atoms with van der Waals surface area (Å²) in [6.45, 7) is 0. The van der Waals surface area contributed by atoms with Crippen molar-refractivity contribution in [3.05, 3.63) is 9.48 Å². The number of aromatic nitrogens is 2. The van der Waals surface area contributed by atoms with E-state index in [0.717, 1.165) is 3.79 Å². The Balaban J connectivity index is 2.53. The summed E-state index contributed by atoms with van der Waals surface area (Å²) in [4.78, 5) is 10.3. The SMILES string of the molecule is NC(CCC(=O)O)c1nnsc1Br. The Morgan fingerprint density at radius 1 is 1.77 bits per heavy atom. The highest BCUT2D eigenvalue weighted by atomic mass is 79.9. The van der Waals surface area contributed by atoms with Gasteiger partial charge in [0.15, 0.2) is 0 Å². The lowest BCUT2D eigenvalue weighted by molar-refractivity contribution is -0.137. The Morgan fingerprint density at radius 2 is 2.46 bits per heavy atom. The van der Waals surface area contributed by atoms with E-state index in [0.29, 0.717) is 12.1 Å². The van der Waals surface area contributed by atoms with Crippen molar-refractivity contribution in [3.63, 3.8) is 0 Å². The third-order valence-corrected chi connectivity index (χ3v) is 2.86. The molecule has 0 amide bonds. The zero-order valence-electron chi connectivity index (χ0n) is 6.61. The van der Waals surface area contributed by atoms with Gasteiger partial charge in [-0.1, -0.05) is 4.49 Å². The van der Waals surface area contributed by atoms with Crippen molar-refractivity contribution in [2.24, 2.45) is 5.73 Å². The number of carbonyl (C=O) groups is 1. The maximum atomic E-state index is 10.3. The van der Waals surface area contributed by atoms with E-state index in [2.05, 4.69) is 25.5 Å². The van der Waals surface area contributed by atoms with Crippen LogP contribution in [0.2, 0.25) is 0 Å². The van der Waals surface area contributed by atoms with Gasteiger partial charge < -0.3 is 10.8 Å². The summed E-state index contributed by atoms with van der Waals surface area (Å²) in [5, 5.41) is 12.2. The fraction of sp³-hybridized carbons (Fsp3) is 0.500. The standard InChI is InChI=1S/C6H8BrN3O2S/c7-6-5(9-10-13-6)3(8)1-2-4(11)12/h3H,1-2,8H2,(H,11,12). The van der Waals surface area contributed by atoms with E-state index in [1.165, 1.54) is 11.5 Å². The Bertz CT molecular complexity index is 304. The van der Waals surface area contributed by atoms with Crippen molar-refractivity contribution < 1.29 is 9.90 Å². The first-order chi connectivity index (χ1) is 6.11. The Kier molecular flexibility index (Phi) is 3.76. The van der Waals surface area contributed by atoms with Gasteiger partial charge in [-0.25, -0.2) is 0 Å². The zero-order chi connectivity index (χ0) is 9.84. The van der Waals surface area contributed by atoms with Crippen LogP contribution in [0.3, 0.4) is 0 Å². The van der Waals surface area contributed by atoms with Crippen molar-refractivity contribution in [1.29, 1.82) is 0 Å². The molecule has 1 atom stereocenters. The van der Waals surface area contributed by atoms with E-state index in [-0.39, 0.29) is 12.5 Å². The number of nitrogens with two attached hydrogens (primary N) is 1. The molecule has 72 valence electrons. The molecule has 1 unspecified atom stereocenters. The molecule has 0 saturated carbocycles. The largest absolute Gasteiger partial charge is 0.481 e. The molecule has 0 aliphatic carbocycles. The molecule has 1 heterocycles. The van der Waals surface area contributed by atoms with Gasteiger partial charge in [0.25, 0.3) is 0 Å². The first-order valence-corrected chi connectivity index (χ1v) is 5.13. The first kappa shape index (κ1) is 10.6. The van der Waals surface area contributed by atoms with Crippen LogP contribution in [-0.2, 0) is 4.79 Å². The minimum Gasteiger partial charge on any atom is -0.481 e. The summed E-state index contributed by atoms with van der Waals surface area (Å²) >= 11 is 4.44. The minimum atomic E-state index is -0.852. The van der Waals surface area contributed by atoms with Crippen molar-refractivity contribution in [3.8, 4) is 0 Å². The third kappa shape index (κ3) is 3.02. The maximum absolute atomic E-state index is 10.3. The van der Waals surface area contributed by atoms with Crippen LogP contribution < -0.4 is 5.73 Å². The highest BCUT2D eigenvalue weighted by Gasteiger charge is 2.14. The Hall–Kier alpha value is -0.530. The molecule has 0 radical (unpaired) electrons. The maximum Gasteiger partial charge on any atom is 0.303 e. The molecular formula is C6H8BrN3O2S. The number of nitrogens with zero attached hydrogens (tertiary/aromatic N) is 2. The van der Waals surface area contributed by atoms with Gasteiger partial charge in [0, 0.05) is 6.42 Å². The van der Waals surface area contributed by atoms with E-state index >= 15 is 0 Å². The Labute approximate surface area is 87.2 Å². The molecule has 0 spiro atoms. The van der Waals surface area contributed by atoms with Crippen LogP contribution in [0, 0.1) is 0 Å². The van der Waals surface area contributed by atoms with Gasteiger partial charge in [0.05, 0.1) is 6.04 Å². The lowest BCUT2D eigenvalue weighted by Crippen LogP contribution is -2.13. The summed E-state index contributed by atoms with van der Waals surface area (Å²) in [6.07, 6.45) is 0.421. The molecule has 0 bridgehead atoms. The number of carboxylic acid groups (broad SMARTS) is 1. The molecule has 0 aliphatic rings. The zero-order valence-corrected chi connectivity index (χ0v) is 9.01. The van der Waals surface area contributed by atoms with Gasteiger partial charge in [0.1, 0.15) is 9.48 Å². The van der Waals surface area contributed by atoms with Crippen LogP contribution in [0.1, 0.15) is 24.6 Å². The number of halogens is 1. The molecule has 0 fully saturated rings. The van der Waals surface area contributed by atoms with Gasteiger partial charge in [-0.15, -0.1) is 5.10 Å². The van der Waals surface area contributed by atoms with Crippen LogP contribution in [0.4, 0.5) is 0 Å². The van der Waals surface area contributed by atoms with Crippen molar-refractivity contribution in [2.45, 2.75) is 18.9 Å². The van der Waals surface area contributed by atoms with Crippen LogP contribution in [0.5, 0.6) is 0 Å². The summed E-state index contributed by atoms with van der Waals surface area (Å²) in [7, 11) is 0. The van der Waals surface area contributed by atoms with Gasteiger partial charge in [-0.3, -0.25) is 4.79 Å².